The van der Waals surface area contributed by atoms with Gasteiger partial charge in [0.05, 0.1) is 0 Å². The molecule has 12 fully saturated rings. The van der Waals surface area contributed by atoms with Crippen molar-refractivity contribution in [3.63, 3.8) is 0 Å². The molecular weight excluding hydrogens is 553 g/mol. The minimum atomic E-state index is 0.679. The second kappa shape index (κ2) is 12.3. The van der Waals surface area contributed by atoms with E-state index >= 15 is 0 Å². The first-order valence-electron chi connectivity index (χ1n) is 21.9. The highest BCUT2D eigenvalue weighted by atomic mass is 14.7. The van der Waals surface area contributed by atoms with Crippen molar-refractivity contribution >= 4 is 0 Å². The molecule has 14 atom stereocenters. The Balaban J connectivity index is 0.0000000922. The molecule has 0 aromatic rings. The summed E-state index contributed by atoms with van der Waals surface area (Å²) in [4.78, 5) is 0. The fraction of sp³-hybridized carbons (Fsp3) is 1.00. The zero-order chi connectivity index (χ0) is 32.1. The van der Waals surface area contributed by atoms with Gasteiger partial charge in [-0.25, -0.2) is 0 Å². The standard InChI is InChI=1S/C14H22.2C12H20.C8H16/c1-7-3-9-5-11(7)13-10-4-8(2)12(6-10)14(9)13;1-12(2)10-4-8-3-9(6-10)7-11(12)5-8;1-7-8(2)12-6-11(7)9-4-3-5-10(9)12;1-8(2)6-4-3-5-7-8/h7-14H,3-6H2,1-2H3;8-11H,3-7H2,1-2H3;7-12H,3-6H2,1-2H3;3-7H2,1-2H3. The molecule has 262 valence electrons. The van der Waals surface area contributed by atoms with Crippen LogP contribution in [0, 0.1) is 117 Å². The molecule has 0 aromatic carbocycles. The van der Waals surface area contributed by atoms with Crippen LogP contribution in [0.5, 0.6) is 0 Å². The van der Waals surface area contributed by atoms with Crippen LogP contribution >= 0.6 is 0 Å². The lowest BCUT2D eigenvalue weighted by Gasteiger charge is -2.59. The SMILES string of the molecule is CC1(C)C2CC3CC(C2)CC1C3.CC1(C)CCCCC1.CC1C(C)C2CC1C1CCCC21.CC1CC2CC1C1C3CC(C)C(C3)C21. The van der Waals surface area contributed by atoms with Gasteiger partial charge in [0.2, 0.25) is 0 Å². The first-order chi connectivity index (χ1) is 21.9. The molecule has 0 aromatic heterocycles. The third kappa shape index (κ3) is 5.65. The van der Waals surface area contributed by atoms with Crippen LogP contribution in [-0.2, 0) is 0 Å². The van der Waals surface area contributed by atoms with Crippen molar-refractivity contribution in [1.82, 2.24) is 0 Å². The number of rotatable bonds is 0. The van der Waals surface area contributed by atoms with E-state index < -0.39 is 0 Å². The fourth-order valence-electron chi connectivity index (χ4n) is 16.9. The van der Waals surface area contributed by atoms with Gasteiger partial charge in [0.15, 0.2) is 0 Å². The van der Waals surface area contributed by atoms with Crippen molar-refractivity contribution in [2.75, 3.05) is 0 Å². The zero-order valence-corrected chi connectivity index (χ0v) is 32.1. The van der Waals surface area contributed by atoms with E-state index in [1.165, 1.54) is 55.8 Å². The van der Waals surface area contributed by atoms with Gasteiger partial charge in [0.1, 0.15) is 0 Å². The molecule has 46 heavy (non-hydrogen) atoms. The molecule has 12 saturated carbocycles. The maximum Gasteiger partial charge on any atom is -0.0297 e. The van der Waals surface area contributed by atoms with E-state index in [2.05, 4.69) is 55.4 Å². The van der Waals surface area contributed by atoms with E-state index in [0.717, 1.165) is 82.9 Å². The van der Waals surface area contributed by atoms with E-state index in [9.17, 15) is 0 Å². The summed E-state index contributed by atoms with van der Waals surface area (Å²) in [7, 11) is 0. The summed E-state index contributed by atoms with van der Waals surface area (Å²) >= 11 is 0. The molecule has 0 saturated heterocycles. The summed E-state index contributed by atoms with van der Waals surface area (Å²) in [5, 5.41) is 0. The Labute approximate surface area is 287 Å². The van der Waals surface area contributed by atoms with Crippen LogP contribution in [0.3, 0.4) is 0 Å². The summed E-state index contributed by atoms with van der Waals surface area (Å²) in [5.74, 6) is 20.4. The second-order valence-electron chi connectivity index (χ2n) is 22.3. The van der Waals surface area contributed by atoms with E-state index in [4.69, 9.17) is 0 Å². The van der Waals surface area contributed by atoms with Crippen molar-refractivity contribution in [3.05, 3.63) is 0 Å². The average Bonchev–Trinajstić information content (AvgIpc) is 3.85. The maximum atomic E-state index is 2.53. The first kappa shape index (κ1) is 33.2. The van der Waals surface area contributed by atoms with Crippen LogP contribution in [-0.4, -0.2) is 0 Å². The van der Waals surface area contributed by atoms with Gasteiger partial charge in [0.25, 0.3) is 0 Å². The molecule has 12 aliphatic carbocycles. The van der Waals surface area contributed by atoms with Crippen LogP contribution < -0.4 is 0 Å². The van der Waals surface area contributed by atoms with Gasteiger partial charge in [-0.05, 0) is 207 Å². The van der Waals surface area contributed by atoms with Crippen LogP contribution in [0.15, 0.2) is 0 Å². The van der Waals surface area contributed by atoms with Gasteiger partial charge in [-0.3, -0.25) is 0 Å². The number of fused-ring (bicyclic) bond motifs is 14. The van der Waals surface area contributed by atoms with E-state index in [1.807, 2.05) is 0 Å². The normalized spacial score (nSPS) is 56.3. The van der Waals surface area contributed by atoms with Crippen LogP contribution in [0.25, 0.3) is 0 Å². The zero-order valence-electron chi connectivity index (χ0n) is 32.1. The predicted octanol–water partition coefficient (Wildman–Crippen LogP) is 13.3. The summed E-state index contributed by atoms with van der Waals surface area (Å²) in [6.07, 6.45) is 27.9. The Morgan fingerprint density at radius 1 is 0.413 bits per heavy atom. The number of hydrogen-bond acceptors (Lipinski definition) is 0. The van der Waals surface area contributed by atoms with Crippen molar-refractivity contribution in [2.24, 2.45) is 117 Å². The van der Waals surface area contributed by atoms with Gasteiger partial charge in [-0.1, -0.05) is 81.1 Å². The highest BCUT2D eigenvalue weighted by Gasteiger charge is 2.63. The van der Waals surface area contributed by atoms with Crippen molar-refractivity contribution in [2.45, 2.75) is 171 Å². The smallest absolute Gasteiger partial charge is 0.0297 e. The summed E-state index contributed by atoms with van der Waals surface area (Å²) < 4.78 is 0. The van der Waals surface area contributed by atoms with Gasteiger partial charge >= 0.3 is 0 Å². The summed E-state index contributed by atoms with van der Waals surface area (Å²) in [5.41, 5.74) is 1.38. The van der Waals surface area contributed by atoms with E-state index in [-0.39, 0.29) is 0 Å². The molecule has 0 spiro atoms. The monoisotopic (exact) mass is 631 g/mol. The molecule has 0 radical (unpaired) electrons. The van der Waals surface area contributed by atoms with Crippen LogP contribution in [0.1, 0.15) is 171 Å². The molecule has 12 aliphatic rings. The van der Waals surface area contributed by atoms with Crippen molar-refractivity contribution in [1.29, 1.82) is 0 Å². The third-order valence-corrected chi connectivity index (χ3v) is 19.4. The molecule has 0 aliphatic heterocycles. The van der Waals surface area contributed by atoms with E-state index in [1.54, 1.807) is 83.5 Å². The van der Waals surface area contributed by atoms with Crippen LogP contribution in [0.2, 0.25) is 0 Å². The molecule has 0 N–H and O–H groups in total. The molecule has 0 nitrogen and oxygen atoms in total. The Bertz CT molecular complexity index is 978. The van der Waals surface area contributed by atoms with E-state index in [0.29, 0.717) is 10.8 Å². The van der Waals surface area contributed by atoms with Crippen LogP contribution in [0.4, 0.5) is 0 Å². The minimum Gasteiger partial charge on any atom is -0.0622 e. The largest absolute Gasteiger partial charge is 0.0622 e. The number of hydrogen-bond donors (Lipinski definition) is 0. The Hall–Kier alpha value is 0. The summed E-state index contributed by atoms with van der Waals surface area (Å²) in [6.45, 7) is 19.9. The maximum absolute atomic E-state index is 2.53. The van der Waals surface area contributed by atoms with Crippen molar-refractivity contribution in [3.8, 4) is 0 Å². The summed E-state index contributed by atoms with van der Waals surface area (Å²) in [6, 6.07) is 0. The van der Waals surface area contributed by atoms with Gasteiger partial charge in [0, 0.05) is 0 Å². The van der Waals surface area contributed by atoms with Crippen molar-refractivity contribution < 1.29 is 0 Å². The second-order valence-corrected chi connectivity index (χ2v) is 22.3. The fourth-order valence-corrected chi connectivity index (χ4v) is 16.9. The predicted molar refractivity (Wildman–Crippen MR) is 196 cm³/mol. The quantitative estimate of drug-likeness (QED) is 0.234. The molecule has 0 heterocycles. The highest BCUT2D eigenvalue weighted by Crippen LogP contribution is 2.70. The lowest BCUT2D eigenvalue weighted by molar-refractivity contribution is -0.0876. The topological polar surface area (TPSA) is 0 Å². The Morgan fingerprint density at radius 2 is 0.870 bits per heavy atom. The molecule has 14 unspecified atom stereocenters. The molecule has 12 rings (SSSR count). The van der Waals surface area contributed by atoms with Gasteiger partial charge in [-0.15, -0.1) is 0 Å². The first-order valence-corrected chi connectivity index (χ1v) is 21.9. The minimum absolute atomic E-state index is 0.679. The molecule has 10 bridgehead atoms. The average molecular weight is 631 g/mol. The van der Waals surface area contributed by atoms with Gasteiger partial charge in [-0.2, -0.15) is 0 Å². The Kier molecular flexibility index (Phi) is 8.90. The third-order valence-electron chi connectivity index (χ3n) is 19.4. The highest BCUT2D eigenvalue weighted by molar-refractivity contribution is 5.11. The lowest BCUT2D eigenvalue weighted by Crippen LogP contribution is -2.49. The molecular formula is C46H78. The lowest BCUT2D eigenvalue weighted by atomic mass is 9.46. The van der Waals surface area contributed by atoms with Gasteiger partial charge < -0.3 is 0 Å². The Morgan fingerprint density at radius 3 is 1.28 bits per heavy atom. The molecule has 0 heteroatoms. The molecule has 0 amide bonds.